The van der Waals surface area contributed by atoms with Gasteiger partial charge in [-0.2, -0.15) is 13.8 Å². The number of aryl methyl sites for hydroxylation is 1. The summed E-state index contributed by atoms with van der Waals surface area (Å²) >= 11 is 2.84. The second kappa shape index (κ2) is 33.6. The monoisotopic (exact) mass is 1460 g/mol. The third-order valence-electron chi connectivity index (χ3n) is 14.2. The number of likely N-dealkylation sites (tertiary alicyclic amines) is 1. The third kappa shape index (κ3) is 18.3. The summed E-state index contributed by atoms with van der Waals surface area (Å²) in [7, 11) is 1.29. The Bertz CT molecular complexity index is 3380. The Morgan fingerprint density at radius 1 is 0.769 bits per heavy atom. The van der Waals surface area contributed by atoms with Crippen molar-refractivity contribution in [1.82, 2.24) is 30.5 Å². The Labute approximate surface area is 550 Å². The minimum Gasteiger partial charge on any atom is -0.507 e. The Hall–Kier alpha value is -7.67. The number of thioether (sulfide) groups is 2. The normalized spacial score (nSPS) is 19.7. The van der Waals surface area contributed by atoms with E-state index in [2.05, 4.69) is 41.7 Å². The van der Waals surface area contributed by atoms with Crippen molar-refractivity contribution in [3.63, 3.8) is 0 Å². The van der Waals surface area contributed by atoms with Crippen LogP contribution in [0, 0.1) is 43.1 Å². The molecule has 0 saturated carbocycles. The molecule has 2 aromatic heterocycles. The number of ether oxygens (including phenoxy) is 1. The van der Waals surface area contributed by atoms with E-state index in [0.717, 1.165) is 21.9 Å². The number of Topliss-reactive ketones (excluding diaryl/α,β-unsaturated/α-hetero) is 3. The fourth-order valence-electron chi connectivity index (χ4n) is 10.2. The van der Waals surface area contributed by atoms with Crippen LogP contribution in [-0.4, -0.2) is 154 Å². The number of nitrogens with one attached hydrogen (secondary N) is 2. The SMILES string of the molecule is CC(C)C.CC1=C(C(=O)O)N2C(=O)[C@@H](CC(=O)[C@H](NC(C)C)c3ccccc3)[C@H]2SC1.CO/N=C(\C(=O)C[C@@H]1C(=O)N2C(C(=O)O)=C(COC(=O)NC(C)C)CS[C@H]12)c1ccco1.Cc1onc(-c2ccccc2)c1C(=O)C[C@H]1[CH-]N([C@@H](C(=O)O)[C-](C)C)C1=O.[W+2]. The molecule has 9 rings (SSSR count). The summed E-state index contributed by atoms with van der Waals surface area (Å²) in [6.45, 7) is 21.9. The smallest absolute Gasteiger partial charge is 0.507 e. The summed E-state index contributed by atoms with van der Waals surface area (Å²) < 4.78 is 15.5. The summed E-state index contributed by atoms with van der Waals surface area (Å²) in [5.41, 5.74) is 3.24. The molecular formula is C64H77N7O17S2W. The number of carboxylic acids is 3. The first-order valence-corrected chi connectivity index (χ1v) is 31.2. The van der Waals surface area contributed by atoms with Crippen molar-refractivity contribution in [2.75, 3.05) is 25.2 Å². The van der Waals surface area contributed by atoms with Gasteiger partial charge in [-0.25, -0.2) is 20.9 Å². The summed E-state index contributed by atoms with van der Waals surface area (Å²) in [6, 6.07) is 20.3. The molecule has 0 aliphatic carbocycles. The first-order chi connectivity index (χ1) is 42.6. The first kappa shape index (κ1) is 74.1. The molecule has 3 saturated heterocycles. The minimum atomic E-state index is -1.30. The second-order valence-electron chi connectivity index (χ2n) is 23.2. The number of aliphatic carboxylic acids is 3. The van der Waals surface area contributed by atoms with Gasteiger partial charge in [0.05, 0.1) is 40.5 Å². The molecule has 27 heteroatoms. The van der Waals surface area contributed by atoms with Gasteiger partial charge in [0.1, 0.15) is 36.6 Å². The van der Waals surface area contributed by atoms with E-state index in [4.69, 9.17) is 18.5 Å². The Morgan fingerprint density at radius 3 is 1.86 bits per heavy atom. The van der Waals surface area contributed by atoms with Crippen molar-refractivity contribution in [1.29, 1.82) is 0 Å². The number of carboxylic acid groups (broad SMARTS) is 3. The fourth-order valence-corrected chi connectivity index (χ4v) is 13.0. The molecule has 0 unspecified atom stereocenters. The molecule has 0 radical (unpaired) electrons. The Morgan fingerprint density at radius 2 is 1.34 bits per heavy atom. The largest absolute Gasteiger partial charge is 2.00 e. The van der Waals surface area contributed by atoms with Crippen LogP contribution in [-0.2, 0) is 69.0 Å². The fraction of sp³-hybridized carbons (Fsp3) is 0.438. The molecule has 24 nitrogen and oxygen atoms in total. The van der Waals surface area contributed by atoms with Gasteiger partial charge in [-0.15, -0.1) is 23.5 Å². The van der Waals surface area contributed by atoms with E-state index in [1.807, 2.05) is 74.5 Å². The van der Waals surface area contributed by atoms with Gasteiger partial charge in [-0.05, 0) is 83.2 Å². The van der Waals surface area contributed by atoms with Crippen LogP contribution in [0.4, 0.5) is 4.79 Å². The summed E-state index contributed by atoms with van der Waals surface area (Å²) in [6.07, 6.45) is 0.594. The van der Waals surface area contributed by atoms with Gasteiger partial charge in [0.2, 0.25) is 11.8 Å². The number of rotatable bonds is 23. The molecule has 2 aromatic carbocycles. The number of fused-ring (bicyclic) bond motifs is 2. The van der Waals surface area contributed by atoms with Crippen LogP contribution < -0.4 is 10.6 Å². The predicted molar refractivity (Wildman–Crippen MR) is 334 cm³/mol. The number of β-lactam (4-membered cyclic amide) rings is 3. The maximum Gasteiger partial charge on any atom is 2.00 e. The zero-order chi connectivity index (χ0) is 66.4. The molecule has 4 amide bonds. The zero-order valence-electron chi connectivity index (χ0n) is 52.6. The van der Waals surface area contributed by atoms with E-state index in [0.29, 0.717) is 39.8 Å². The first-order valence-electron chi connectivity index (χ1n) is 29.1. The standard InChI is InChI=1S/C20H23N3O8S.C20H20N2O5.C20H24N2O4S.C4H10.W/c1-10(2)21-20(28)31-8-11-9-32-18-12(17(25)23(18)16(11)19(26)27)7-13(24)15(22-29-3)14-5-4-6-30-14;1-11(2)18(20(25)26)22-10-14(19(22)24)9-15(23)16-12(3)27-21-17(16)13-7-5-4-6-8-13;1-11(2)21-16(13-7-5-4-6-8-13)15(23)9-14-18(24)22-17(20(25)26)12(3)10-27-19(14)22;1-4(2)3;/h4-6,10,12,18H,7-9H2,1-3H3,(H,21,28)(H,26,27);4-8,10,14,18H,9H2,1-3H3,(H,25,26);4-8,11,14,16,19,21H,9-10H2,1-3H3,(H,25,26);4H,1-3H3;/q;-2;;;+2/b22-15+;;;;/t12-,18-;14-,18+;14-,16-,19-;;/m101../s1. The van der Waals surface area contributed by atoms with Gasteiger partial charge >= 0.3 is 39.1 Å². The van der Waals surface area contributed by atoms with Crippen LogP contribution in [0.25, 0.3) is 11.3 Å². The molecule has 91 heavy (non-hydrogen) atoms. The molecule has 5 N–H and O–H groups in total. The molecule has 0 bridgehead atoms. The number of benzene rings is 2. The van der Waals surface area contributed by atoms with E-state index in [-0.39, 0.29) is 116 Å². The zero-order valence-corrected chi connectivity index (χ0v) is 57.2. The van der Waals surface area contributed by atoms with Crippen LogP contribution in [0.15, 0.2) is 116 Å². The molecule has 4 aromatic rings. The number of furan rings is 1. The van der Waals surface area contributed by atoms with E-state index >= 15 is 0 Å². The van der Waals surface area contributed by atoms with Gasteiger partial charge in [-0.1, -0.05) is 97.7 Å². The van der Waals surface area contributed by atoms with E-state index in [1.165, 1.54) is 53.2 Å². The molecular weight excluding hydrogens is 1390 g/mol. The number of nitrogens with zero attached hydrogens (tertiary/aromatic N) is 5. The quantitative estimate of drug-likeness (QED) is 0.0152. The van der Waals surface area contributed by atoms with Gasteiger partial charge in [0.25, 0.3) is 5.97 Å². The van der Waals surface area contributed by atoms with Crippen LogP contribution in [0.3, 0.4) is 0 Å². The van der Waals surface area contributed by atoms with Crippen molar-refractivity contribution < 1.29 is 103 Å². The molecule has 7 heterocycles. The molecule has 488 valence electrons. The number of carbonyl (C=O) groups is 10. The van der Waals surface area contributed by atoms with Crippen molar-refractivity contribution in [3.8, 4) is 11.3 Å². The van der Waals surface area contributed by atoms with Gasteiger partial charge in [0, 0.05) is 47.6 Å². The maximum atomic E-state index is 13.0. The van der Waals surface area contributed by atoms with Crippen molar-refractivity contribution in [2.24, 2.45) is 28.8 Å². The molecule has 7 atom stereocenters. The van der Waals surface area contributed by atoms with Gasteiger partial charge in [-0.3, -0.25) is 49.3 Å². The maximum absolute atomic E-state index is 13.0. The number of carbonyl (C=O) groups excluding carboxylic acids is 7. The number of ketones is 3. The summed E-state index contributed by atoms with van der Waals surface area (Å²) in [5, 5.41) is 41.1. The predicted octanol–water partition coefficient (Wildman–Crippen LogP) is 8.74. The summed E-state index contributed by atoms with van der Waals surface area (Å²) in [4.78, 5) is 131. The van der Waals surface area contributed by atoms with Crippen LogP contribution >= 0.6 is 23.5 Å². The van der Waals surface area contributed by atoms with Crippen molar-refractivity contribution in [3.05, 3.63) is 137 Å². The molecule has 3 fully saturated rings. The number of alkyl carbamates (subject to hydrolysis) is 1. The summed E-state index contributed by atoms with van der Waals surface area (Å²) in [5.74, 6) is -4.35. The number of amides is 4. The number of hydrogen-bond acceptors (Lipinski definition) is 19. The van der Waals surface area contributed by atoms with Crippen LogP contribution in [0.1, 0.15) is 122 Å². The minimum absolute atomic E-state index is 0. The van der Waals surface area contributed by atoms with Crippen molar-refractivity contribution in [2.45, 2.75) is 130 Å². The van der Waals surface area contributed by atoms with E-state index in [9.17, 15) is 63.3 Å². The van der Waals surface area contributed by atoms with Gasteiger partial charge < -0.3 is 49.4 Å². The Balaban J connectivity index is 0.000000240. The van der Waals surface area contributed by atoms with E-state index in [1.54, 1.807) is 53.7 Å². The van der Waals surface area contributed by atoms with Gasteiger partial charge in [0.15, 0.2) is 34.7 Å². The van der Waals surface area contributed by atoms with Crippen LogP contribution in [0.2, 0.25) is 0 Å². The Kier molecular flexibility index (Phi) is 27.3. The molecule has 0 spiro atoms. The second-order valence-corrected chi connectivity index (χ2v) is 25.4. The molecule has 5 aliphatic rings. The van der Waals surface area contributed by atoms with E-state index < -0.39 is 70.9 Å². The van der Waals surface area contributed by atoms with Crippen molar-refractivity contribution >= 4 is 88.3 Å². The number of hydrogen-bond donors (Lipinski definition) is 5. The average molecular weight is 1460 g/mol. The third-order valence-corrected chi connectivity index (χ3v) is 17.0. The number of oxime groups is 1. The topological polar surface area (TPSA) is 335 Å². The average Bonchev–Trinajstić information content (AvgIpc) is 1.30. The number of aromatic nitrogens is 1. The molecule has 5 aliphatic heterocycles. The van der Waals surface area contributed by atoms with Crippen LogP contribution in [0.5, 0.6) is 0 Å².